The first kappa shape index (κ1) is 40.1. The fraction of sp³-hybridized carbons (Fsp3) is 0.750. The lowest BCUT2D eigenvalue weighted by Crippen LogP contribution is -2.53. The van der Waals surface area contributed by atoms with Gasteiger partial charge in [0.05, 0.1) is 20.0 Å². The largest absolute Gasteiger partial charge is 0.467 e. The third-order valence-corrected chi connectivity index (χ3v) is 6.77. The van der Waals surface area contributed by atoms with Crippen LogP contribution < -0.4 is 5.32 Å². The Morgan fingerprint density at radius 1 is 0.729 bits per heavy atom. The van der Waals surface area contributed by atoms with Crippen molar-refractivity contribution in [3.8, 4) is 0 Å². The number of imidazole rings is 1. The minimum atomic E-state index is -0.967. The number of hydrogen-bond donors (Lipinski definition) is 2. The summed E-state index contributed by atoms with van der Waals surface area (Å²) in [4.78, 5) is 78.7. The summed E-state index contributed by atoms with van der Waals surface area (Å²) in [6, 6.07) is -0.967. The van der Waals surface area contributed by atoms with Gasteiger partial charge in [0, 0.05) is 70.7 Å². The Kier molecular flexibility index (Phi) is 14.5. The van der Waals surface area contributed by atoms with Crippen LogP contribution in [0.2, 0.25) is 0 Å². The van der Waals surface area contributed by atoms with Crippen LogP contribution in [0.5, 0.6) is 0 Å². The molecule has 2 rings (SSSR count). The maximum Gasteiger partial charge on any atom is 0.410 e. The van der Waals surface area contributed by atoms with E-state index < -0.39 is 53.0 Å². The molecule has 0 aliphatic carbocycles. The highest BCUT2D eigenvalue weighted by Gasteiger charge is 2.30. The second-order valence-electron chi connectivity index (χ2n) is 14.6. The lowest BCUT2D eigenvalue weighted by atomic mass is 10.1. The third kappa shape index (κ3) is 15.2. The Balaban J connectivity index is 2.35. The normalized spacial score (nSPS) is 16.6. The van der Waals surface area contributed by atoms with E-state index in [9.17, 15) is 24.0 Å². The maximum absolute atomic E-state index is 13.3. The predicted octanol–water partition coefficient (Wildman–Crippen LogP) is 2.64. The van der Waals surface area contributed by atoms with Crippen molar-refractivity contribution in [3.63, 3.8) is 0 Å². The molecule has 0 aromatic carbocycles. The van der Waals surface area contributed by atoms with Crippen molar-refractivity contribution < 1.29 is 42.9 Å². The number of H-pyrrole nitrogens is 1. The number of aromatic amines is 1. The molecule has 2 heterocycles. The van der Waals surface area contributed by atoms with Crippen molar-refractivity contribution in [2.24, 2.45) is 0 Å². The number of rotatable bonds is 6. The maximum atomic E-state index is 13.3. The summed E-state index contributed by atoms with van der Waals surface area (Å²) >= 11 is 0. The molecule has 0 spiro atoms. The van der Waals surface area contributed by atoms with Crippen molar-refractivity contribution in [2.75, 3.05) is 66.0 Å². The highest BCUT2D eigenvalue weighted by Crippen LogP contribution is 2.15. The summed E-state index contributed by atoms with van der Waals surface area (Å²) in [7, 11) is 1.24. The highest BCUT2D eigenvalue weighted by atomic mass is 16.6. The average molecular weight is 682 g/mol. The standard InChI is InChI=1S/C32H55N7O9/c1-30(2,3)46-27(42)37-13-11-36(21-25(40)35-24(26(41)45-10)19-23-20-33-22-34-23)12-14-38(28(43)47-31(4,5)6)16-18-39(17-15-37)29(44)48-32(7,8)9/h20,22,24H,11-19,21H2,1-10H3,(H,33,34)(H,35,40)/t24-/m0/s1. The predicted molar refractivity (Wildman–Crippen MR) is 176 cm³/mol. The summed E-state index contributed by atoms with van der Waals surface area (Å²) in [5.41, 5.74) is -1.66. The van der Waals surface area contributed by atoms with Gasteiger partial charge in [0.25, 0.3) is 0 Å². The van der Waals surface area contributed by atoms with Crippen LogP contribution in [-0.2, 0) is 35.0 Å². The van der Waals surface area contributed by atoms with Crippen molar-refractivity contribution in [1.29, 1.82) is 0 Å². The zero-order chi connectivity index (χ0) is 36.3. The van der Waals surface area contributed by atoms with E-state index in [1.807, 2.05) is 0 Å². The summed E-state index contributed by atoms with van der Waals surface area (Å²) in [6.45, 7) is 16.8. The Bertz CT molecular complexity index is 1180. The van der Waals surface area contributed by atoms with E-state index in [4.69, 9.17) is 18.9 Å². The Morgan fingerprint density at radius 3 is 1.46 bits per heavy atom. The van der Waals surface area contributed by atoms with Gasteiger partial charge in [-0.15, -0.1) is 0 Å². The molecule has 1 aromatic heterocycles. The van der Waals surface area contributed by atoms with Gasteiger partial charge in [-0.1, -0.05) is 0 Å². The van der Waals surface area contributed by atoms with E-state index in [0.29, 0.717) is 5.69 Å². The van der Waals surface area contributed by atoms with Gasteiger partial charge in [0.2, 0.25) is 5.91 Å². The average Bonchev–Trinajstić information content (AvgIpc) is 3.44. The number of aromatic nitrogens is 2. The van der Waals surface area contributed by atoms with Crippen molar-refractivity contribution in [3.05, 3.63) is 18.2 Å². The van der Waals surface area contributed by atoms with E-state index in [1.165, 1.54) is 28.1 Å². The van der Waals surface area contributed by atoms with E-state index in [-0.39, 0.29) is 65.3 Å². The summed E-state index contributed by atoms with van der Waals surface area (Å²) in [6.07, 6.45) is 1.44. The minimum absolute atomic E-state index is 0.102. The number of methoxy groups -OCH3 is 1. The van der Waals surface area contributed by atoms with Gasteiger partial charge in [-0.25, -0.2) is 24.2 Å². The number of amides is 4. The number of nitrogens with one attached hydrogen (secondary N) is 2. The molecule has 1 atom stereocenters. The summed E-state index contributed by atoms with van der Waals surface area (Å²) < 4.78 is 21.8. The van der Waals surface area contributed by atoms with Gasteiger partial charge in [-0.05, 0) is 62.3 Å². The number of carbonyl (C=O) groups excluding carboxylic acids is 5. The molecule has 0 saturated carbocycles. The van der Waals surface area contributed by atoms with Gasteiger partial charge < -0.3 is 43.9 Å². The molecule has 48 heavy (non-hydrogen) atoms. The van der Waals surface area contributed by atoms with E-state index >= 15 is 0 Å². The zero-order valence-corrected chi connectivity index (χ0v) is 30.2. The van der Waals surface area contributed by atoms with Crippen LogP contribution >= 0.6 is 0 Å². The molecule has 16 nitrogen and oxygen atoms in total. The molecule has 1 saturated heterocycles. The fourth-order valence-electron chi connectivity index (χ4n) is 4.53. The molecular weight excluding hydrogens is 626 g/mol. The fourth-order valence-corrected chi connectivity index (χ4v) is 4.53. The second kappa shape index (κ2) is 17.4. The molecule has 2 N–H and O–H groups in total. The van der Waals surface area contributed by atoms with Crippen LogP contribution in [0.3, 0.4) is 0 Å². The minimum Gasteiger partial charge on any atom is -0.467 e. The summed E-state index contributed by atoms with van der Waals surface area (Å²) in [5.74, 6) is -1.07. The van der Waals surface area contributed by atoms with Crippen LogP contribution in [0.4, 0.5) is 14.4 Å². The molecule has 4 amide bonds. The van der Waals surface area contributed by atoms with Gasteiger partial charge in [-0.2, -0.15) is 0 Å². The number of carbonyl (C=O) groups is 5. The Hall–Kier alpha value is -4.08. The second-order valence-corrected chi connectivity index (χ2v) is 14.6. The monoisotopic (exact) mass is 681 g/mol. The third-order valence-electron chi connectivity index (χ3n) is 6.77. The Labute approximate surface area is 283 Å². The van der Waals surface area contributed by atoms with Gasteiger partial charge in [-0.3, -0.25) is 9.69 Å². The molecule has 1 aliphatic heterocycles. The van der Waals surface area contributed by atoms with E-state index in [1.54, 1.807) is 73.4 Å². The number of esters is 1. The lowest BCUT2D eigenvalue weighted by Gasteiger charge is -2.35. The molecule has 1 aromatic rings. The first-order chi connectivity index (χ1) is 22.2. The molecule has 272 valence electrons. The van der Waals surface area contributed by atoms with Crippen molar-refractivity contribution in [2.45, 2.75) is 91.6 Å². The smallest absolute Gasteiger partial charge is 0.410 e. The van der Waals surface area contributed by atoms with Crippen LogP contribution in [0.1, 0.15) is 68.0 Å². The molecule has 0 unspecified atom stereocenters. The highest BCUT2D eigenvalue weighted by molar-refractivity contribution is 5.85. The van der Waals surface area contributed by atoms with E-state index in [0.717, 1.165) is 0 Å². The molecule has 16 heteroatoms. The molecule has 1 fully saturated rings. The Morgan fingerprint density at radius 2 is 1.12 bits per heavy atom. The number of nitrogens with zero attached hydrogens (tertiary/aromatic N) is 5. The topological polar surface area (TPSA) is 176 Å². The molecule has 0 bridgehead atoms. The molecule has 0 radical (unpaired) electrons. The van der Waals surface area contributed by atoms with Crippen LogP contribution in [0.25, 0.3) is 0 Å². The number of ether oxygens (including phenoxy) is 4. The molecular formula is C32H55N7O9. The van der Waals surface area contributed by atoms with Crippen LogP contribution in [0, 0.1) is 0 Å². The van der Waals surface area contributed by atoms with Gasteiger partial charge in [0.1, 0.15) is 22.8 Å². The SMILES string of the molecule is COC(=O)[C@H](Cc1cnc[nH]1)NC(=O)CN1CCN(C(=O)OC(C)(C)C)CCN(C(=O)OC(C)(C)C)CCN(C(=O)OC(C)(C)C)CC1. The van der Waals surface area contributed by atoms with Crippen LogP contribution in [-0.4, -0.2) is 149 Å². The van der Waals surface area contributed by atoms with Gasteiger partial charge in [0.15, 0.2) is 0 Å². The summed E-state index contributed by atoms with van der Waals surface area (Å²) in [5, 5.41) is 2.74. The van der Waals surface area contributed by atoms with Gasteiger partial charge >= 0.3 is 24.2 Å². The first-order valence-corrected chi connectivity index (χ1v) is 16.2. The van der Waals surface area contributed by atoms with E-state index in [2.05, 4.69) is 15.3 Å². The van der Waals surface area contributed by atoms with Crippen LogP contribution in [0.15, 0.2) is 12.5 Å². The quantitative estimate of drug-likeness (QED) is 0.334. The van der Waals surface area contributed by atoms with Crippen molar-refractivity contribution >= 4 is 30.2 Å². The lowest BCUT2D eigenvalue weighted by molar-refractivity contribution is -0.145. The van der Waals surface area contributed by atoms with Crippen molar-refractivity contribution in [1.82, 2.24) is 34.9 Å². The molecule has 1 aliphatic rings. The zero-order valence-electron chi connectivity index (χ0n) is 30.2. The first-order valence-electron chi connectivity index (χ1n) is 16.2. The number of hydrogen-bond acceptors (Lipinski definition) is 11.